The molecule has 0 radical (unpaired) electrons. The number of aromatic nitrogens is 1. The van der Waals surface area contributed by atoms with Gasteiger partial charge in [-0.2, -0.15) is 13.2 Å². The van der Waals surface area contributed by atoms with E-state index in [1.165, 1.54) is 37.4 Å². The summed E-state index contributed by atoms with van der Waals surface area (Å²) in [6, 6.07) is 6.41. The van der Waals surface area contributed by atoms with Crippen LogP contribution in [0, 0.1) is 6.92 Å². The van der Waals surface area contributed by atoms with Crippen molar-refractivity contribution in [3.63, 3.8) is 0 Å². The molecule has 34 heavy (non-hydrogen) atoms. The van der Waals surface area contributed by atoms with Gasteiger partial charge in [0.1, 0.15) is 29.7 Å². The second-order valence-electron chi connectivity index (χ2n) is 7.16. The van der Waals surface area contributed by atoms with E-state index in [0.29, 0.717) is 0 Å². The first-order valence-electron chi connectivity index (χ1n) is 9.94. The molecule has 0 aliphatic carbocycles. The van der Waals surface area contributed by atoms with E-state index in [1.807, 2.05) is 0 Å². The lowest BCUT2D eigenvalue weighted by atomic mass is 10.0. The van der Waals surface area contributed by atoms with Crippen molar-refractivity contribution < 1.29 is 48.6 Å². The van der Waals surface area contributed by atoms with Crippen LogP contribution in [-0.2, 0) is 6.18 Å². The Morgan fingerprint density at radius 3 is 2.21 bits per heavy atom. The van der Waals surface area contributed by atoms with Gasteiger partial charge >= 0.3 is 12.1 Å². The van der Waals surface area contributed by atoms with Crippen molar-refractivity contribution in [3.8, 4) is 0 Å². The summed E-state index contributed by atoms with van der Waals surface area (Å²) < 4.78 is 38.5. The summed E-state index contributed by atoms with van der Waals surface area (Å²) >= 11 is 0. The molecule has 1 heterocycles. The van der Waals surface area contributed by atoms with Gasteiger partial charge in [0.15, 0.2) is 0 Å². The van der Waals surface area contributed by atoms with Crippen LogP contribution in [-0.4, -0.2) is 86.2 Å². The highest BCUT2D eigenvalue weighted by Crippen LogP contribution is 2.35. The van der Waals surface area contributed by atoms with Crippen LogP contribution >= 0.6 is 0 Å². The molecule has 0 saturated heterocycles. The van der Waals surface area contributed by atoms with E-state index in [0.717, 1.165) is 6.07 Å². The molecule has 8 N–H and O–H groups in total. The summed E-state index contributed by atoms with van der Waals surface area (Å²) in [5, 5.41) is 59.2. The maximum absolute atomic E-state index is 12.8. The Morgan fingerprint density at radius 2 is 1.68 bits per heavy atom. The van der Waals surface area contributed by atoms with Gasteiger partial charge < -0.3 is 41.3 Å². The van der Waals surface area contributed by atoms with E-state index >= 15 is 0 Å². The van der Waals surface area contributed by atoms with Crippen molar-refractivity contribution in [2.45, 2.75) is 37.5 Å². The van der Waals surface area contributed by atoms with E-state index < -0.39 is 48.7 Å². The molecule has 0 unspecified atom stereocenters. The molecule has 4 atom stereocenters. The van der Waals surface area contributed by atoms with Crippen molar-refractivity contribution in [2.75, 3.05) is 25.5 Å². The largest absolute Gasteiger partial charge is 0.478 e. The Bertz CT molecular complexity index is 931. The molecule has 1 aromatic carbocycles. The number of aliphatic hydroxyl groups excluding tert-OH is 5. The number of rotatable bonds is 9. The number of likely N-dealkylation sites (N-methyl/N-ethyl adjacent to an activating group) is 1. The lowest BCUT2D eigenvalue weighted by Gasteiger charge is -2.25. The fourth-order valence-electron chi connectivity index (χ4n) is 2.78. The lowest BCUT2D eigenvalue weighted by molar-refractivity contribution is -0.138. The topological polar surface area (TPSA) is 175 Å². The van der Waals surface area contributed by atoms with Crippen molar-refractivity contribution in [1.29, 1.82) is 0 Å². The molecule has 13 heteroatoms. The molecule has 0 aliphatic rings. The van der Waals surface area contributed by atoms with E-state index in [4.69, 9.17) is 25.5 Å². The van der Waals surface area contributed by atoms with Crippen LogP contribution in [0.1, 0.15) is 21.5 Å². The first-order valence-corrected chi connectivity index (χ1v) is 9.94. The smallest absolute Gasteiger partial charge is 0.416 e. The van der Waals surface area contributed by atoms with Crippen LogP contribution < -0.4 is 10.6 Å². The van der Waals surface area contributed by atoms with Gasteiger partial charge in [0.25, 0.3) is 0 Å². The summed E-state index contributed by atoms with van der Waals surface area (Å²) in [6.07, 6.45) is -8.76. The number of alkyl halides is 3. The lowest BCUT2D eigenvalue weighted by Crippen LogP contribution is -2.48. The fourth-order valence-corrected chi connectivity index (χ4v) is 2.78. The number of benzene rings is 1. The third-order valence-electron chi connectivity index (χ3n) is 4.67. The molecule has 0 bridgehead atoms. The van der Waals surface area contributed by atoms with Gasteiger partial charge in [-0.1, -0.05) is 6.07 Å². The predicted molar refractivity (Wildman–Crippen MR) is 116 cm³/mol. The standard InChI is InChI=1S/C14H11F3N2O2.C7H17NO5/c1-8-10(14(15,16)17)5-2-6-11(8)19-12-9(13(20)21)4-3-7-18-12;1-8-2-4(10)6(12)7(13)5(11)3-9/h2-7H,1H3,(H,18,19)(H,20,21);4-13H,2-3H2,1H3/t;4-,5+,6+,7+/m.0/s1. The Morgan fingerprint density at radius 1 is 1.06 bits per heavy atom. The van der Waals surface area contributed by atoms with Crippen molar-refractivity contribution in [3.05, 3.63) is 53.2 Å². The SMILES string of the molecule is CNC[C@H](O)[C@@H](O)[C@H](O)[C@H](O)CO.Cc1c(Nc2ncccc2C(=O)O)cccc1C(F)(F)F. The predicted octanol–water partition coefficient (Wildman–Crippen LogP) is 0.492. The van der Waals surface area contributed by atoms with E-state index in [9.17, 15) is 23.1 Å². The average molecular weight is 491 g/mol. The second-order valence-corrected chi connectivity index (χ2v) is 7.16. The summed E-state index contributed by atoms with van der Waals surface area (Å²) in [6.45, 7) is 0.745. The number of aromatic carboxylic acids is 1. The Kier molecular flexibility index (Phi) is 11.3. The number of carbonyl (C=O) groups is 1. The molecule has 0 amide bonds. The summed E-state index contributed by atoms with van der Waals surface area (Å²) in [5.41, 5.74) is -0.757. The number of hydrogen-bond donors (Lipinski definition) is 8. The summed E-state index contributed by atoms with van der Waals surface area (Å²) in [7, 11) is 1.57. The van der Waals surface area contributed by atoms with E-state index in [-0.39, 0.29) is 29.2 Å². The highest BCUT2D eigenvalue weighted by atomic mass is 19.4. The van der Waals surface area contributed by atoms with Crippen LogP contribution in [0.15, 0.2) is 36.5 Å². The number of carboxylic acids is 1. The van der Waals surface area contributed by atoms with Crippen molar-refractivity contribution >= 4 is 17.5 Å². The average Bonchev–Trinajstić information content (AvgIpc) is 2.78. The zero-order valence-electron chi connectivity index (χ0n) is 18.4. The molecule has 190 valence electrons. The highest BCUT2D eigenvalue weighted by molar-refractivity contribution is 5.94. The monoisotopic (exact) mass is 491 g/mol. The minimum atomic E-state index is -4.47. The fraction of sp³-hybridized carbons (Fsp3) is 0.429. The molecule has 0 spiro atoms. The van der Waals surface area contributed by atoms with Crippen LogP contribution in [0.2, 0.25) is 0 Å². The number of nitrogens with zero attached hydrogens (tertiary/aromatic N) is 1. The number of halogens is 3. The zero-order chi connectivity index (χ0) is 26.1. The van der Waals surface area contributed by atoms with Crippen molar-refractivity contribution in [2.24, 2.45) is 0 Å². The first-order chi connectivity index (χ1) is 15.8. The molecule has 2 rings (SSSR count). The Hall–Kier alpha value is -2.81. The third kappa shape index (κ3) is 8.20. The molecule has 0 fully saturated rings. The number of anilines is 2. The van der Waals surface area contributed by atoms with Crippen LogP contribution in [0.25, 0.3) is 0 Å². The minimum Gasteiger partial charge on any atom is -0.478 e. The van der Waals surface area contributed by atoms with Gasteiger partial charge in [-0.25, -0.2) is 9.78 Å². The second kappa shape index (κ2) is 13.2. The number of carboxylic acid groups (broad SMARTS) is 1. The van der Waals surface area contributed by atoms with Gasteiger partial charge in [-0.3, -0.25) is 0 Å². The summed E-state index contributed by atoms with van der Waals surface area (Å²) in [4.78, 5) is 14.9. The third-order valence-corrected chi connectivity index (χ3v) is 4.67. The highest BCUT2D eigenvalue weighted by Gasteiger charge is 2.33. The molecule has 0 saturated carbocycles. The van der Waals surface area contributed by atoms with Gasteiger partial charge in [-0.15, -0.1) is 0 Å². The molecule has 1 aromatic heterocycles. The number of nitrogens with one attached hydrogen (secondary N) is 2. The van der Waals surface area contributed by atoms with Crippen LogP contribution in [0.4, 0.5) is 24.7 Å². The van der Waals surface area contributed by atoms with E-state index in [1.54, 1.807) is 7.05 Å². The molecular weight excluding hydrogens is 463 g/mol. The number of pyridine rings is 1. The minimum absolute atomic E-state index is 0.00701. The van der Waals surface area contributed by atoms with Crippen LogP contribution in [0.5, 0.6) is 0 Å². The Labute approximate surface area is 193 Å². The summed E-state index contributed by atoms with van der Waals surface area (Å²) in [5.74, 6) is -1.22. The Balaban J connectivity index is 0.000000385. The van der Waals surface area contributed by atoms with Gasteiger partial charge in [-0.05, 0) is 43.8 Å². The van der Waals surface area contributed by atoms with Gasteiger partial charge in [0.05, 0.1) is 18.3 Å². The maximum Gasteiger partial charge on any atom is 0.416 e. The van der Waals surface area contributed by atoms with Gasteiger partial charge in [0.2, 0.25) is 0 Å². The number of hydrogen-bond acceptors (Lipinski definition) is 9. The molecule has 0 aliphatic heterocycles. The van der Waals surface area contributed by atoms with Crippen LogP contribution in [0.3, 0.4) is 0 Å². The number of aliphatic hydroxyl groups is 5. The first kappa shape index (κ1) is 29.2. The van der Waals surface area contributed by atoms with Crippen molar-refractivity contribution in [1.82, 2.24) is 10.3 Å². The molecule has 2 aromatic rings. The van der Waals surface area contributed by atoms with Gasteiger partial charge in [0, 0.05) is 18.4 Å². The van der Waals surface area contributed by atoms with E-state index in [2.05, 4.69) is 15.6 Å². The quantitative estimate of drug-likeness (QED) is 0.246. The normalized spacial score (nSPS) is 14.9. The maximum atomic E-state index is 12.8. The zero-order valence-corrected chi connectivity index (χ0v) is 18.4. The molecular formula is C21H28F3N3O7. The molecule has 10 nitrogen and oxygen atoms in total.